The summed E-state index contributed by atoms with van der Waals surface area (Å²) in [5.41, 5.74) is 2.05. The first-order chi connectivity index (χ1) is 12.2. The highest BCUT2D eigenvalue weighted by Gasteiger charge is 2.41. The number of ether oxygens (including phenoxy) is 1. The van der Waals surface area contributed by atoms with E-state index in [2.05, 4.69) is 24.9 Å². The first-order valence-electron chi connectivity index (χ1n) is 8.95. The van der Waals surface area contributed by atoms with Gasteiger partial charge in [-0.3, -0.25) is 4.90 Å². The van der Waals surface area contributed by atoms with Crippen LogP contribution in [0, 0.1) is 13.8 Å². The molecule has 1 atom stereocenters. The van der Waals surface area contributed by atoms with Gasteiger partial charge in [-0.1, -0.05) is 5.16 Å². The molecule has 7 nitrogen and oxygen atoms in total. The number of aromatic nitrogens is 3. The van der Waals surface area contributed by atoms with Crippen molar-refractivity contribution in [1.29, 1.82) is 0 Å². The lowest BCUT2D eigenvalue weighted by atomic mass is 9.90. The fourth-order valence-electron chi connectivity index (χ4n) is 3.98. The van der Waals surface area contributed by atoms with Gasteiger partial charge in [-0.25, -0.2) is 9.97 Å². The topological polar surface area (TPSA) is 67.5 Å². The van der Waals surface area contributed by atoms with Crippen molar-refractivity contribution < 1.29 is 9.26 Å². The van der Waals surface area contributed by atoms with E-state index in [0.29, 0.717) is 0 Å². The Morgan fingerprint density at radius 3 is 2.76 bits per heavy atom. The van der Waals surface area contributed by atoms with Crippen LogP contribution in [0.1, 0.15) is 29.9 Å². The summed E-state index contributed by atoms with van der Waals surface area (Å²) in [6, 6.07) is 1.85. The molecule has 2 aliphatic rings. The number of hydrogen-bond donors (Lipinski definition) is 0. The number of anilines is 1. The van der Waals surface area contributed by atoms with E-state index in [1.807, 2.05) is 19.9 Å². The molecule has 0 amide bonds. The van der Waals surface area contributed by atoms with Crippen LogP contribution >= 0.6 is 0 Å². The fourth-order valence-corrected chi connectivity index (χ4v) is 3.98. The van der Waals surface area contributed by atoms with Gasteiger partial charge < -0.3 is 14.2 Å². The molecule has 0 aromatic carbocycles. The number of nitrogens with zero attached hydrogens (tertiary/aromatic N) is 5. The maximum atomic E-state index is 6.29. The van der Waals surface area contributed by atoms with E-state index in [1.165, 1.54) is 5.56 Å². The van der Waals surface area contributed by atoms with Crippen LogP contribution < -0.4 is 4.90 Å². The van der Waals surface area contributed by atoms with Gasteiger partial charge in [0.25, 0.3) is 0 Å². The molecule has 2 aromatic rings. The van der Waals surface area contributed by atoms with Crippen molar-refractivity contribution in [1.82, 2.24) is 20.0 Å². The van der Waals surface area contributed by atoms with Crippen molar-refractivity contribution in [3.05, 3.63) is 35.5 Å². The summed E-state index contributed by atoms with van der Waals surface area (Å²) in [6.07, 6.45) is 5.77. The molecule has 0 unspecified atom stereocenters. The van der Waals surface area contributed by atoms with Crippen LogP contribution in [0.2, 0.25) is 0 Å². The third kappa shape index (κ3) is 3.39. The molecule has 0 bridgehead atoms. The van der Waals surface area contributed by atoms with Gasteiger partial charge in [0.15, 0.2) is 0 Å². The number of hydrogen-bond acceptors (Lipinski definition) is 7. The van der Waals surface area contributed by atoms with Gasteiger partial charge in [0, 0.05) is 44.1 Å². The molecule has 25 heavy (non-hydrogen) atoms. The molecule has 2 aliphatic heterocycles. The molecule has 0 saturated carbocycles. The Hall–Kier alpha value is -1.99. The molecule has 2 saturated heterocycles. The van der Waals surface area contributed by atoms with Gasteiger partial charge in [0.1, 0.15) is 5.76 Å². The molecule has 0 aliphatic carbocycles. The molecule has 4 heterocycles. The maximum Gasteiger partial charge on any atom is 0.225 e. The molecule has 2 fully saturated rings. The van der Waals surface area contributed by atoms with E-state index in [1.54, 1.807) is 12.4 Å². The predicted molar refractivity (Wildman–Crippen MR) is 93.4 cm³/mol. The van der Waals surface area contributed by atoms with Crippen LogP contribution in [0.3, 0.4) is 0 Å². The second-order valence-corrected chi connectivity index (χ2v) is 7.12. The quantitative estimate of drug-likeness (QED) is 0.844. The molecule has 4 rings (SSSR count). The highest BCUT2D eigenvalue weighted by atomic mass is 16.5. The fraction of sp³-hybridized carbons (Fsp3) is 0.611. The van der Waals surface area contributed by atoms with Gasteiger partial charge >= 0.3 is 0 Å². The summed E-state index contributed by atoms with van der Waals surface area (Å²) in [7, 11) is 0. The third-order valence-corrected chi connectivity index (χ3v) is 5.26. The molecule has 2 aromatic heterocycles. The number of rotatable bonds is 3. The van der Waals surface area contributed by atoms with Crippen LogP contribution in [0.4, 0.5) is 5.95 Å². The number of morpholine rings is 1. The van der Waals surface area contributed by atoms with E-state index in [-0.39, 0.29) is 5.60 Å². The maximum absolute atomic E-state index is 6.29. The third-order valence-electron chi connectivity index (χ3n) is 5.26. The van der Waals surface area contributed by atoms with Crippen LogP contribution in [-0.2, 0) is 11.3 Å². The van der Waals surface area contributed by atoms with Crippen LogP contribution in [0.5, 0.6) is 0 Å². The van der Waals surface area contributed by atoms with Crippen molar-refractivity contribution in [2.24, 2.45) is 0 Å². The number of piperidine rings is 1. The van der Waals surface area contributed by atoms with E-state index >= 15 is 0 Å². The smallest absolute Gasteiger partial charge is 0.225 e. The summed E-state index contributed by atoms with van der Waals surface area (Å²) >= 11 is 0. The van der Waals surface area contributed by atoms with Crippen molar-refractivity contribution in [2.45, 2.75) is 38.8 Å². The zero-order chi connectivity index (χ0) is 17.3. The standard InChI is InChI=1S/C18H25N5O2/c1-14-16(15(2)25-21-14)11-22-9-10-24-18(12-22)5-3-8-23(13-18)17-19-6-4-7-20-17/h4,6-7H,3,5,8-13H2,1-2H3/t18-/m0/s1. The molecule has 0 N–H and O–H groups in total. The Bertz CT molecular complexity index is 696. The number of aryl methyl sites for hydroxylation is 2. The van der Waals surface area contributed by atoms with E-state index in [4.69, 9.17) is 9.26 Å². The summed E-state index contributed by atoms with van der Waals surface area (Å²) in [5, 5.41) is 4.08. The molecule has 1 spiro atoms. The van der Waals surface area contributed by atoms with Gasteiger partial charge in [-0.05, 0) is 32.8 Å². The van der Waals surface area contributed by atoms with Gasteiger partial charge in [0.2, 0.25) is 5.95 Å². The lowest BCUT2D eigenvalue weighted by Gasteiger charge is -2.48. The molecule has 0 radical (unpaired) electrons. The van der Waals surface area contributed by atoms with Gasteiger partial charge in [-0.15, -0.1) is 0 Å². The van der Waals surface area contributed by atoms with Crippen molar-refractivity contribution in [3.8, 4) is 0 Å². The second kappa shape index (κ2) is 6.72. The minimum Gasteiger partial charge on any atom is -0.370 e. The second-order valence-electron chi connectivity index (χ2n) is 7.12. The molecular weight excluding hydrogens is 318 g/mol. The van der Waals surface area contributed by atoms with Gasteiger partial charge in [-0.2, -0.15) is 0 Å². The van der Waals surface area contributed by atoms with E-state index in [9.17, 15) is 0 Å². The predicted octanol–water partition coefficient (Wildman–Crippen LogP) is 1.95. The Morgan fingerprint density at radius 2 is 2.00 bits per heavy atom. The van der Waals surface area contributed by atoms with Crippen LogP contribution in [0.15, 0.2) is 23.0 Å². The van der Waals surface area contributed by atoms with Crippen molar-refractivity contribution in [3.63, 3.8) is 0 Å². The Balaban J connectivity index is 1.48. The van der Waals surface area contributed by atoms with Crippen molar-refractivity contribution in [2.75, 3.05) is 37.7 Å². The monoisotopic (exact) mass is 343 g/mol. The average molecular weight is 343 g/mol. The Kier molecular flexibility index (Phi) is 4.43. The first kappa shape index (κ1) is 16.5. The first-order valence-corrected chi connectivity index (χ1v) is 8.95. The summed E-state index contributed by atoms with van der Waals surface area (Å²) in [6.45, 7) is 9.31. The molecular formula is C18H25N5O2. The van der Waals surface area contributed by atoms with Gasteiger partial charge in [0.05, 0.1) is 24.4 Å². The van der Waals surface area contributed by atoms with Crippen molar-refractivity contribution >= 4 is 5.95 Å². The van der Waals surface area contributed by atoms with E-state index in [0.717, 1.165) is 69.6 Å². The molecule has 134 valence electrons. The Labute approximate surface area is 148 Å². The van der Waals surface area contributed by atoms with Crippen LogP contribution in [0.25, 0.3) is 0 Å². The highest BCUT2D eigenvalue weighted by molar-refractivity contribution is 5.31. The zero-order valence-corrected chi connectivity index (χ0v) is 14.9. The largest absolute Gasteiger partial charge is 0.370 e. The summed E-state index contributed by atoms with van der Waals surface area (Å²) < 4.78 is 11.6. The normalized spacial score (nSPS) is 24.8. The SMILES string of the molecule is Cc1noc(C)c1CN1CCO[C@@]2(CCCN(c3ncccn3)C2)C1. The Morgan fingerprint density at radius 1 is 1.16 bits per heavy atom. The lowest BCUT2D eigenvalue weighted by molar-refractivity contribution is -0.116. The summed E-state index contributed by atoms with van der Waals surface area (Å²) in [4.78, 5) is 13.5. The summed E-state index contributed by atoms with van der Waals surface area (Å²) in [5.74, 6) is 1.72. The lowest BCUT2D eigenvalue weighted by Crippen LogP contribution is -2.59. The van der Waals surface area contributed by atoms with Crippen LogP contribution in [-0.4, -0.2) is 58.4 Å². The highest BCUT2D eigenvalue weighted by Crippen LogP contribution is 2.31. The average Bonchev–Trinajstić information content (AvgIpc) is 2.95. The minimum absolute atomic E-state index is 0.144. The minimum atomic E-state index is -0.144. The zero-order valence-electron chi connectivity index (χ0n) is 14.9. The molecule has 7 heteroatoms. The van der Waals surface area contributed by atoms with E-state index < -0.39 is 0 Å².